The van der Waals surface area contributed by atoms with Crippen LogP contribution < -0.4 is 5.73 Å². The Hall–Kier alpha value is -1.43. The van der Waals surface area contributed by atoms with Gasteiger partial charge >= 0.3 is 0 Å². The average molecular weight is 238 g/mol. The molecule has 0 saturated heterocycles. The fourth-order valence-corrected chi connectivity index (χ4v) is 1.89. The maximum Gasteiger partial charge on any atom is 0.271 e. The number of nitrogens with zero attached hydrogens (tertiary/aromatic N) is 3. The lowest BCUT2D eigenvalue weighted by Crippen LogP contribution is -2.17. The third-order valence-electron chi connectivity index (χ3n) is 3.19. The molecule has 1 aliphatic rings. The molecule has 1 saturated carbocycles. The van der Waals surface area contributed by atoms with Crippen LogP contribution in [0.1, 0.15) is 48.5 Å². The molecule has 1 aliphatic carbocycles. The number of carbonyl (C=O) groups is 1. The topological polar surface area (TPSA) is 83.0 Å². The lowest BCUT2D eigenvalue weighted by molar-refractivity contribution is 0.0960. The van der Waals surface area contributed by atoms with Gasteiger partial charge in [-0.15, -0.1) is 5.10 Å². The smallest absolute Gasteiger partial charge is 0.271 e. The van der Waals surface area contributed by atoms with Crippen LogP contribution in [0.25, 0.3) is 0 Å². The van der Waals surface area contributed by atoms with Gasteiger partial charge in [-0.25, -0.2) is 4.68 Å². The predicted octanol–water partition coefficient (Wildman–Crippen LogP) is 0.884. The summed E-state index contributed by atoms with van der Waals surface area (Å²) in [5.74, 6) is 0.253. The molecule has 0 bridgehead atoms. The molecule has 1 amide bonds. The van der Waals surface area contributed by atoms with Crippen LogP contribution in [-0.2, 0) is 11.3 Å². The molecule has 2 rings (SSSR count). The molecule has 2 N–H and O–H groups in total. The lowest BCUT2D eigenvalue weighted by atomic mass is 10.2. The van der Waals surface area contributed by atoms with Gasteiger partial charge in [0, 0.05) is 13.7 Å². The van der Waals surface area contributed by atoms with Crippen molar-refractivity contribution < 1.29 is 9.53 Å². The van der Waals surface area contributed by atoms with Crippen LogP contribution in [0.4, 0.5) is 0 Å². The predicted molar refractivity (Wildman–Crippen MR) is 61.3 cm³/mol. The van der Waals surface area contributed by atoms with E-state index in [0.717, 1.165) is 18.9 Å². The highest BCUT2D eigenvalue weighted by Crippen LogP contribution is 2.33. The fraction of sp³-hybridized carbons (Fsp3) is 0.727. The second-order valence-corrected chi connectivity index (χ2v) is 4.52. The van der Waals surface area contributed by atoms with Crippen LogP contribution in [0.15, 0.2) is 0 Å². The van der Waals surface area contributed by atoms with E-state index >= 15 is 0 Å². The molecule has 1 unspecified atom stereocenters. The molecule has 6 heteroatoms. The van der Waals surface area contributed by atoms with E-state index in [2.05, 4.69) is 10.3 Å². The summed E-state index contributed by atoms with van der Waals surface area (Å²) in [4.78, 5) is 11.3. The van der Waals surface area contributed by atoms with Gasteiger partial charge in [-0.1, -0.05) is 18.1 Å². The Morgan fingerprint density at radius 3 is 2.88 bits per heavy atom. The molecule has 0 aromatic carbocycles. The quantitative estimate of drug-likeness (QED) is 0.797. The lowest BCUT2D eigenvalue weighted by Gasteiger charge is -2.12. The van der Waals surface area contributed by atoms with Crippen molar-refractivity contribution in [2.45, 2.75) is 38.8 Å². The summed E-state index contributed by atoms with van der Waals surface area (Å²) < 4.78 is 6.98. The summed E-state index contributed by atoms with van der Waals surface area (Å²) in [6, 6.07) is 0. The van der Waals surface area contributed by atoms with Gasteiger partial charge in [0.1, 0.15) is 5.69 Å². The van der Waals surface area contributed by atoms with Crippen molar-refractivity contribution in [3.05, 3.63) is 11.4 Å². The fourth-order valence-electron chi connectivity index (χ4n) is 1.89. The molecule has 0 radical (unpaired) electrons. The number of methoxy groups -OCH3 is 1. The molecule has 1 aromatic heterocycles. The van der Waals surface area contributed by atoms with Gasteiger partial charge < -0.3 is 10.5 Å². The normalized spacial score (nSPS) is 17.1. The number of carbonyl (C=O) groups excluding carboxylic acids is 1. The zero-order valence-electron chi connectivity index (χ0n) is 10.2. The van der Waals surface area contributed by atoms with E-state index in [1.807, 2.05) is 6.92 Å². The number of nitrogens with two attached hydrogens (primary N) is 1. The Morgan fingerprint density at radius 2 is 2.35 bits per heavy atom. The van der Waals surface area contributed by atoms with Crippen molar-refractivity contribution in [3.8, 4) is 0 Å². The number of aryl methyl sites for hydroxylation is 1. The molecule has 1 aromatic rings. The minimum atomic E-state index is -0.554. The first kappa shape index (κ1) is 12.0. The van der Waals surface area contributed by atoms with Crippen LogP contribution in [0.3, 0.4) is 0 Å². The molecule has 0 spiro atoms. The largest absolute Gasteiger partial charge is 0.375 e. The van der Waals surface area contributed by atoms with Crippen molar-refractivity contribution in [1.82, 2.24) is 15.0 Å². The van der Waals surface area contributed by atoms with Crippen molar-refractivity contribution in [2.24, 2.45) is 11.7 Å². The molecular formula is C11H18N4O2. The number of ether oxygens (including phenoxy) is 1. The third-order valence-corrected chi connectivity index (χ3v) is 3.19. The van der Waals surface area contributed by atoms with E-state index in [4.69, 9.17) is 10.5 Å². The van der Waals surface area contributed by atoms with Crippen LogP contribution >= 0.6 is 0 Å². The number of amides is 1. The average Bonchev–Trinajstić information content (AvgIpc) is 3.03. The second kappa shape index (κ2) is 4.83. The van der Waals surface area contributed by atoms with Crippen molar-refractivity contribution in [3.63, 3.8) is 0 Å². The standard InChI is InChI=1S/C11H18N4O2/c1-7(17-2)10-9(11(12)16)13-14-15(10)6-5-8-3-4-8/h7-8H,3-6H2,1-2H3,(H2,12,16). The molecule has 1 atom stereocenters. The zero-order chi connectivity index (χ0) is 12.4. The van der Waals surface area contributed by atoms with Gasteiger partial charge in [0.05, 0.1) is 6.10 Å². The van der Waals surface area contributed by atoms with Gasteiger partial charge in [0.2, 0.25) is 0 Å². The molecule has 17 heavy (non-hydrogen) atoms. The van der Waals surface area contributed by atoms with E-state index < -0.39 is 5.91 Å². The van der Waals surface area contributed by atoms with Crippen LogP contribution in [-0.4, -0.2) is 28.0 Å². The Labute approximate surface area is 100 Å². The summed E-state index contributed by atoms with van der Waals surface area (Å²) in [6.07, 6.45) is 3.44. The highest BCUT2D eigenvalue weighted by Gasteiger charge is 2.25. The molecule has 1 heterocycles. The molecular weight excluding hydrogens is 220 g/mol. The highest BCUT2D eigenvalue weighted by atomic mass is 16.5. The Bertz CT molecular complexity index is 412. The van der Waals surface area contributed by atoms with E-state index in [1.54, 1.807) is 11.8 Å². The Kier molecular flexibility index (Phi) is 3.42. The van der Waals surface area contributed by atoms with E-state index in [1.165, 1.54) is 12.8 Å². The molecule has 0 aliphatic heterocycles. The van der Waals surface area contributed by atoms with E-state index in [0.29, 0.717) is 5.69 Å². The van der Waals surface area contributed by atoms with Gasteiger partial charge in [-0.05, 0) is 19.3 Å². The minimum Gasteiger partial charge on any atom is -0.375 e. The number of hydrogen-bond acceptors (Lipinski definition) is 4. The number of rotatable bonds is 6. The van der Waals surface area contributed by atoms with Gasteiger partial charge in [-0.3, -0.25) is 4.79 Å². The Morgan fingerprint density at radius 1 is 1.65 bits per heavy atom. The van der Waals surface area contributed by atoms with Crippen molar-refractivity contribution in [2.75, 3.05) is 7.11 Å². The van der Waals surface area contributed by atoms with Crippen molar-refractivity contribution in [1.29, 1.82) is 0 Å². The molecule has 6 nitrogen and oxygen atoms in total. The second-order valence-electron chi connectivity index (χ2n) is 4.52. The highest BCUT2D eigenvalue weighted by molar-refractivity contribution is 5.91. The summed E-state index contributed by atoms with van der Waals surface area (Å²) in [5, 5.41) is 7.83. The first-order valence-electron chi connectivity index (χ1n) is 5.89. The number of hydrogen-bond donors (Lipinski definition) is 1. The van der Waals surface area contributed by atoms with Crippen LogP contribution in [0.2, 0.25) is 0 Å². The number of aromatic nitrogens is 3. The summed E-state index contributed by atoms with van der Waals surface area (Å²) >= 11 is 0. The summed E-state index contributed by atoms with van der Waals surface area (Å²) in [6.45, 7) is 2.63. The first-order valence-corrected chi connectivity index (χ1v) is 5.89. The SMILES string of the molecule is COC(C)c1c(C(N)=O)nnn1CCC1CC1. The Balaban J connectivity index is 2.20. The minimum absolute atomic E-state index is 0.218. The molecule has 1 fully saturated rings. The van der Waals surface area contributed by atoms with E-state index in [9.17, 15) is 4.79 Å². The third kappa shape index (κ3) is 2.63. The van der Waals surface area contributed by atoms with Gasteiger partial charge in [0.25, 0.3) is 5.91 Å². The maximum atomic E-state index is 11.3. The van der Waals surface area contributed by atoms with E-state index in [-0.39, 0.29) is 11.8 Å². The summed E-state index contributed by atoms with van der Waals surface area (Å²) in [7, 11) is 1.59. The van der Waals surface area contributed by atoms with Crippen LogP contribution in [0, 0.1) is 5.92 Å². The zero-order valence-corrected chi connectivity index (χ0v) is 10.2. The number of primary amides is 1. The summed E-state index contributed by atoms with van der Waals surface area (Å²) in [5.41, 5.74) is 6.18. The monoisotopic (exact) mass is 238 g/mol. The van der Waals surface area contributed by atoms with Gasteiger partial charge in [0.15, 0.2) is 5.69 Å². The van der Waals surface area contributed by atoms with Crippen molar-refractivity contribution >= 4 is 5.91 Å². The first-order chi connectivity index (χ1) is 8.13. The van der Waals surface area contributed by atoms with Gasteiger partial charge in [-0.2, -0.15) is 0 Å². The van der Waals surface area contributed by atoms with Crippen LogP contribution in [0.5, 0.6) is 0 Å². The maximum absolute atomic E-state index is 11.3. The molecule has 94 valence electrons.